The fourth-order valence-corrected chi connectivity index (χ4v) is 4.35. The number of unbranched alkanes of at least 4 members (excludes halogenated alkanes) is 1. The van der Waals surface area contributed by atoms with Gasteiger partial charge in [-0.3, -0.25) is 19.1 Å². The molecule has 0 spiro atoms. The first kappa shape index (κ1) is 29.8. The number of anilines is 1. The van der Waals surface area contributed by atoms with E-state index in [0.717, 1.165) is 19.3 Å². The molecule has 3 heterocycles. The number of halogens is 3. The van der Waals surface area contributed by atoms with E-state index < -0.39 is 12.3 Å². The van der Waals surface area contributed by atoms with Gasteiger partial charge in [0.1, 0.15) is 5.75 Å². The quantitative estimate of drug-likeness (QED) is 0.315. The fourth-order valence-electron chi connectivity index (χ4n) is 4.35. The monoisotopic (exact) mass is 576 g/mol. The Kier molecular flexibility index (Phi) is 10.1. The molecule has 1 atom stereocenters. The van der Waals surface area contributed by atoms with Gasteiger partial charge in [0.25, 0.3) is 11.5 Å². The maximum absolute atomic E-state index is 12.5. The van der Waals surface area contributed by atoms with Crippen LogP contribution in [0.15, 0.2) is 53.6 Å². The van der Waals surface area contributed by atoms with Crippen LogP contribution in [0, 0.1) is 0 Å². The SMILES string of the molecule is O=C(CC1CCCCO1)Nc1ccn(CCCCn2cc(C(=O)NCc3cccc(OC(F)(F)F)c3)nn2)c(=O)c1. The molecule has 4 rings (SSSR count). The largest absolute Gasteiger partial charge is 0.573 e. The summed E-state index contributed by atoms with van der Waals surface area (Å²) in [5.74, 6) is -1.08. The number of carbonyl (C=O) groups is 2. The van der Waals surface area contributed by atoms with Crippen molar-refractivity contribution in [3.8, 4) is 5.75 Å². The molecule has 2 amide bonds. The van der Waals surface area contributed by atoms with Gasteiger partial charge in [-0.25, -0.2) is 0 Å². The van der Waals surface area contributed by atoms with Crippen LogP contribution in [0.4, 0.5) is 18.9 Å². The molecular weight excluding hydrogens is 545 g/mol. The Hall–Kier alpha value is -4.20. The Labute approximate surface area is 233 Å². The number of hydrogen-bond donors (Lipinski definition) is 2. The zero-order valence-electron chi connectivity index (χ0n) is 22.2. The molecule has 1 fully saturated rings. The Bertz CT molecular complexity index is 1380. The van der Waals surface area contributed by atoms with Crippen LogP contribution in [-0.2, 0) is 29.2 Å². The first-order valence-electron chi connectivity index (χ1n) is 13.3. The molecule has 2 aromatic heterocycles. The van der Waals surface area contributed by atoms with Gasteiger partial charge in [0, 0.05) is 44.2 Å². The lowest BCUT2D eigenvalue weighted by Crippen LogP contribution is -2.26. The molecule has 3 aromatic rings. The summed E-state index contributed by atoms with van der Waals surface area (Å²) in [4.78, 5) is 37.1. The van der Waals surface area contributed by atoms with E-state index in [2.05, 4.69) is 25.7 Å². The van der Waals surface area contributed by atoms with Gasteiger partial charge in [-0.15, -0.1) is 18.3 Å². The number of nitrogens with zero attached hydrogens (tertiary/aromatic N) is 4. The minimum atomic E-state index is -4.80. The second kappa shape index (κ2) is 13.9. The number of aryl methyl sites for hydroxylation is 2. The van der Waals surface area contributed by atoms with Gasteiger partial charge in [-0.1, -0.05) is 17.3 Å². The van der Waals surface area contributed by atoms with Crippen molar-refractivity contribution in [2.45, 2.75) is 70.6 Å². The molecule has 0 aliphatic carbocycles. The van der Waals surface area contributed by atoms with Gasteiger partial charge >= 0.3 is 6.36 Å². The summed E-state index contributed by atoms with van der Waals surface area (Å²) in [6, 6.07) is 8.39. The van der Waals surface area contributed by atoms with Crippen LogP contribution in [0.2, 0.25) is 0 Å². The average molecular weight is 577 g/mol. The lowest BCUT2D eigenvalue weighted by atomic mass is 10.1. The van der Waals surface area contributed by atoms with Crippen LogP contribution in [0.1, 0.15) is 54.6 Å². The normalized spacial score (nSPS) is 15.3. The van der Waals surface area contributed by atoms with Gasteiger partial charge in [-0.2, -0.15) is 0 Å². The Morgan fingerprint density at radius 3 is 2.71 bits per heavy atom. The minimum absolute atomic E-state index is 0.0209. The van der Waals surface area contributed by atoms with Crippen molar-refractivity contribution in [2.24, 2.45) is 0 Å². The van der Waals surface area contributed by atoms with E-state index in [0.29, 0.717) is 43.8 Å². The zero-order valence-corrected chi connectivity index (χ0v) is 22.2. The number of nitrogens with one attached hydrogen (secondary N) is 2. The molecule has 1 unspecified atom stereocenters. The highest BCUT2D eigenvalue weighted by Crippen LogP contribution is 2.23. The van der Waals surface area contributed by atoms with Crippen LogP contribution in [0.5, 0.6) is 5.75 Å². The van der Waals surface area contributed by atoms with Gasteiger partial charge < -0.3 is 24.7 Å². The number of ether oxygens (including phenoxy) is 2. The minimum Gasteiger partial charge on any atom is -0.406 e. The standard InChI is InChI=1S/C27H31F3N6O5/c28-27(29,30)41-22-8-5-6-19(14-22)17-31-26(39)23-18-36(34-33-23)11-3-2-10-35-12-9-20(15-25(35)38)32-24(37)16-21-7-1-4-13-40-21/h5-6,8-9,12,14-15,18,21H,1-4,7,10-11,13,16-17H2,(H,31,39)(H,32,37). The van der Waals surface area contributed by atoms with Gasteiger partial charge in [0.15, 0.2) is 5.69 Å². The molecule has 14 heteroatoms. The smallest absolute Gasteiger partial charge is 0.406 e. The summed E-state index contributed by atoms with van der Waals surface area (Å²) < 4.78 is 49.7. The van der Waals surface area contributed by atoms with Crippen LogP contribution in [-0.4, -0.2) is 50.4 Å². The third-order valence-electron chi connectivity index (χ3n) is 6.36. The number of amides is 2. The topological polar surface area (TPSA) is 129 Å². The Balaban J connectivity index is 1.17. The van der Waals surface area contributed by atoms with Crippen molar-refractivity contribution >= 4 is 17.5 Å². The molecule has 0 saturated carbocycles. The molecule has 2 N–H and O–H groups in total. The average Bonchev–Trinajstić information content (AvgIpc) is 3.40. The molecule has 0 radical (unpaired) electrons. The van der Waals surface area contributed by atoms with Crippen LogP contribution >= 0.6 is 0 Å². The highest BCUT2D eigenvalue weighted by Gasteiger charge is 2.31. The summed E-state index contributed by atoms with van der Waals surface area (Å²) in [6.45, 7) is 1.57. The number of pyridine rings is 1. The van der Waals surface area contributed by atoms with Crippen LogP contribution < -0.4 is 20.9 Å². The predicted octanol–water partition coefficient (Wildman–Crippen LogP) is 3.65. The maximum atomic E-state index is 12.5. The van der Waals surface area contributed by atoms with E-state index in [1.54, 1.807) is 22.9 Å². The van der Waals surface area contributed by atoms with Crippen LogP contribution in [0.25, 0.3) is 0 Å². The second-order valence-electron chi connectivity index (χ2n) is 9.64. The molecule has 0 bridgehead atoms. The van der Waals surface area contributed by atoms with Crippen LogP contribution in [0.3, 0.4) is 0 Å². The number of alkyl halides is 3. The fraction of sp³-hybridized carbons (Fsp3) is 0.444. The summed E-state index contributed by atoms with van der Waals surface area (Å²) in [6.07, 6.45) is 2.73. The number of rotatable bonds is 12. The van der Waals surface area contributed by atoms with E-state index in [-0.39, 0.29) is 42.0 Å². The predicted molar refractivity (Wildman–Crippen MR) is 141 cm³/mol. The lowest BCUT2D eigenvalue weighted by molar-refractivity contribution is -0.274. The van der Waals surface area contributed by atoms with Crippen molar-refractivity contribution in [3.63, 3.8) is 0 Å². The number of hydrogen-bond acceptors (Lipinski definition) is 7. The molecule has 11 nitrogen and oxygen atoms in total. The van der Waals surface area contributed by atoms with E-state index in [9.17, 15) is 27.6 Å². The maximum Gasteiger partial charge on any atom is 0.573 e. The first-order valence-corrected chi connectivity index (χ1v) is 13.3. The number of aromatic nitrogens is 4. The van der Waals surface area contributed by atoms with Crippen molar-refractivity contribution in [1.29, 1.82) is 0 Å². The Morgan fingerprint density at radius 1 is 1.12 bits per heavy atom. The highest BCUT2D eigenvalue weighted by atomic mass is 19.4. The van der Waals surface area contributed by atoms with E-state index in [4.69, 9.17) is 4.74 Å². The third kappa shape index (κ3) is 9.74. The lowest BCUT2D eigenvalue weighted by Gasteiger charge is -2.21. The van der Waals surface area contributed by atoms with Crippen molar-refractivity contribution in [2.75, 3.05) is 11.9 Å². The first-order chi connectivity index (χ1) is 19.6. The number of benzene rings is 1. The van der Waals surface area contributed by atoms with E-state index in [1.165, 1.54) is 35.1 Å². The summed E-state index contributed by atoms with van der Waals surface area (Å²) >= 11 is 0. The molecule has 1 aromatic carbocycles. The second-order valence-corrected chi connectivity index (χ2v) is 9.64. The Morgan fingerprint density at radius 2 is 1.95 bits per heavy atom. The van der Waals surface area contributed by atoms with E-state index in [1.807, 2.05) is 0 Å². The summed E-state index contributed by atoms with van der Waals surface area (Å²) in [7, 11) is 0. The molecule has 1 saturated heterocycles. The molecule has 220 valence electrons. The van der Waals surface area contributed by atoms with Gasteiger partial charge in [0.05, 0.1) is 18.7 Å². The van der Waals surface area contributed by atoms with Gasteiger partial charge in [0.2, 0.25) is 5.91 Å². The molecular formula is C27H31F3N6O5. The van der Waals surface area contributed by atoms with Gasteiger partial charge in [-0.05, 0) is 55.9 Å². The summed E-state index contributed by atoms with van der Waals surface area (Å²) in [5.41, 5.74) is 0.707. The van der Waals surface area contributed by atoms with E-state index >= 15 is 0 Å². The molecule has 1 aliphatic rings. The third-order valence-corrected chi connectivity index (χ3v) is 6.36. The number of carbonyl (C=O) groups excluding carboxylic acids is 2. The van der Waals surface area contributed by atoms with Crippen molar-refractivity contribution in [1.82, 2.24) is 24.9 Å². The van der Waals surface area contributed by atoms with Crippen molar-refractivity contribution < 1.29 is 32.2 Å². The van der Waals surface area contributed by atoms with Crippen molar-refractivity contribution in [3.05, 3.63) is 70.4 Å². The summed E-state index contributed by atoms with van der Waals surface area (Å²) in [5, 5.41) is 13.1. The molecule has 1 aliphatic heterocycles. The molecule has 41 heavy (non-hydrogen) atoms. The zero-order chi connectivity index (χ0) is 29.2. The highest BCUT2D eigenvalue weighted by molar-refractivity contribution is 5.92.